The minimum Gasteiger partial charge on any atom is -0.492 e. The van der Waals surface area contributed by atoms with E-state index in [9.17, 15) is 0 Å². The maximum atomic E-state index is 5.65. The van der Waals surface area contributed by atoms with Gasteiger partial charge >= 0.3 is 0 Å². The van der Waals surface area contributed by atoms with E-state index in [0.29, 0.717) is 23.8 Å². The molecule has 1 aromatic carbocycles. The van der Waals surface area contributed by atoms with Crippen LogP contribution in [0.1, 0.15) is 11.3 Å². The van der Waals surface area contributed by atoms with Crippen molar-refractivity contribution in [2.75, 3.05) is 18.5 Å². The molecule has 0 radical (unpaired) electrons. The lowest BCUT2D eigenvalue weighted by atomic mass is 10.2. The predicted molar refractivity (Wildman–Crippen MR) is 85.3 cm³/mol. The van der Waals surface area contributed by atoms with Gasteiger partial charge in [0, 0.05) is 6.54 Å². The largest absolute Gasteiger partial charge is 0.492 e. The second-order valence-electron chi connectivity index (χ2n) is 4.39. The fraction of sp³-hybridized carbons (Fsp3) is 0.200. The Hall–Kier alpha value is -2.14. The van der Waals surface area contributed by atoms with E-state index in [4.69, 9.17) is 22.7 Å². The van der Waals surface area contributed by atoms with Crippen molar-refractivity contribution in [3.05, 3.63) is 53.9 Å². The van der Waals surface area contributed by atoms with Crippen LogP contribution in [0.5, 0.6) is 5.75 Å². The van der Waals surface area contributed by atoms with Gasteiger partial charge in [0.1, 0.15) is 17.3 Å². The van der Waals surface area contributed by atoms with Crippen LogP contribution < -0.4 is 15.8 Å². The number of nitrogens with two attached hydrogens (primary N) is 1. The molecule has 0 bridgehead atoms. The molecule has 0 saturated heterocycles. The molecule has 0 amide bonds. The lowest BCUT2D eigenvalue weighted by Gasteiger charge is -2.09. The summed E-state index contributed by atoms with van der Waals surface area (Å²) in [4.78, 5) is 4.46. The average molecular weight is 287 g/mol. The van der Waals surface area contributed by atoms with Gasteiger partial charge in [-0.15, -0.1) is 0 Å². The van der Waals surface area contributed by atoms with E-state index in [1.807, 2.05) is 37.3 Å². The summed E-state index contributed by atoms with van der Waals surface area (Å²) in [6, 6.07) is 11.7. The molecule has 0 aliphatic rings. The highest BCUT2D eigenvalue weighted by Gasteiger charge is 1.98. The number of nitrogens with one attached hydrogen (secondary N) is 1. The van der Waals surface area contributed by atoms with Gasteiger partial charge in [-0.05, 0) is 36.8 Å². The van der Waals surface area contributed by atoms with Crippen molar-refractivity contribution in [3.63, 3.8) is 0 Å². The van der Waals surface area contributed by atoms with Crippen molar-refractivity contribution in [1.29, 1.82) is 0 Å². The Balaban J connectivity index is 1.77. The highest BCUT2D eigenvalue weighted by atomic mass is 32.1. The SMILES string of the molecule is Cc1cccc(OCCNc2ccc(C(N)=S)nc2)c1. The number of hydrogen-bond donors (Lipinski definition) is 2. The third-order valence-electron chi connectivity index (χ3n) is 2.71. The molecular formula is C15H17N3OS. The van der Waals surface area contributed by atoms with Gasteiger partial charge in [0.2, 0.25) is 0 Å². The summed E-state index contributed by atoms with van der Waals surface area (Å²) in [5, 5.41) is 3.22. The quantitative estimate of drug-likeness (QED) is 0.631. The third-order valence-corrected chi connectivity index (χ3v) is 2.91. The summed E-state index contributed by atoms with van der Waals surface area (Å²) < 4.78 is 5.65. The number of hydrogen-bond acceptors (Lipinski definition) is 4. The van der Waals surface area contributed by atoms with Crippen LogP contribution in [0.2, 0.25) is 0 Å². The lowest BCUT2D eigenvalue weighted by Crippen LogP contribution is -2.13. The molecule has 0 aliphatic carbocycles. The summed E-state index contributed by atoms with van der Waals surface area (Å²) in [5.74, 6) is 0.883. The maximum absolute atomic E-state index is 5.65. The maximum Gasteiger partial charge on any atom is 0.122 e. The van der Waals surface area contributed by atoms with Crippen molar-refractivity contribution in [2.45, 2.75) is 6.92 Å². The number of aromatic nitrogens is 1. The number of thiocarbonyl (C=S) groups is 1. The highest BCUT2D eigenvalue weighted by Crippen LogP contribution is 2.12. The van der Waals surface area contributed by atoms with E-state index in [2.05, 4.69) is 10.3 Å². The number of aryl methyl sites for hydroxylation is 1. The van der Waals surface area contributed by atoms with Gasteiger partial charge in [-0.3, -0.25) is 4.98 Å². The van der Waals surface area contributed by atoms with Gasteiger partial charge in [-0.1, -0.05) is 24.4 Å². The first-order valence-electron chi connectivity index (χ1n) is 6.34. The molecule has 4 nitrogen and oxygen atoms in total. The fourth-order valence-corrected chi connectivity index (χ4v) is 1.83. The Bertz CT molecular complexity index is 584. The molecule has 1 aromatic heterocycles. The lowest BCUT2D eigenvalue weighted by molar-refractivity contribution is 0.332. The van der Waals surface area contributed by atoms with E-state index in [1.165, 1.54) is 5.56 Å². The Labute approximate surface area is 124 Å². The van der Waals surface area contributed by atoms with Crippen LogP contribution in [-0.4, -0.2) is 23.1 Å². The number of pyridine rings is 1. The minimum atomic E-state index is 0.305. The van der Waals surface area contributed by atoms with Crippen LogP contribution in [0.3, 0.4) is 0 Å². The van der Waals surface area contributed by atoms with E-state index in [0.717, 1.165) is 11.4 Å². The van der Waals surface area contributed by atoms with Gasteiger partial charge in [0.15, 0.2) is 0 Å². The molecular weight excluding hydrogens is 270 g/mol. The number of benzene rings is 1. The average Bonchev–Trinajstić information content (AvgIpc) is 2.44. The number of nitrogens with zero attached hydrogens (tertiary/aromatic N) is 1. The van der Waals surface area contributed by atoms with Crippen LogP contribution in [0, 0.1) is 6.92 Å². The van der Waals surface area contributed by atoms with Crippen molar-refractivity contribution >= 4 is 22.9 Å². The molecule has 0 saturated carbocycles. The van der Waals surface area contributed by atoms with Crippen molar-refractivity contribution in [1.82, 2.24) is 4.98 Å². The van der Waals surface area contributed by atoms with Gasteiger partial charge in [-0.2, -0.15) is 0 Å². The summed E-state index contributed by atoms with van der Waals surface area (Å²) in [6.07, 6.45) is 1.71. The topological polar surface area (TPSA) is 60.2 Å². The second-order valence-corrected chi connectivity index (χ2v) is 4.83. The van der Waals surface area contributed by atoms with E-state index < -0.39 is 0 Å². The molecule has 0 aliphatic heterocycles. The summed E-state index contributed by atoms with van der Waals surface area (Å²) >= 11 is 4.85. The minimum absolute atomic E-state index is 0.305. The zero-order valence-corrected chi connectivity index (χ0v) is 12.1. The van der Waals surface area contributed by atoms with Gasteiger partial charge in [0.05, 0.1) is 17.6 Å². The molecule has 0 spiro atoms. The molecule has 5 heteroatoms. The van der Waals surface area contributed by atoms with Gasteiger partial charge < -0.3 is 15.8 Å². The first-order valence-corrected chi connectivity index (χ1v) is 6.75. The second kappa shape index (κ2) is 6.86. The zero-order chi connectivity index (χ0) is 14.4. The number of rotatable bonds is 6. The fourth-order valence-electron chi connectivity index (χ4n) is 1.71. The molecule has 20 heavy (non-hydrogen) atoms. The monoisotopic (exact) mass is 287 g/mol. The summed E-state index contributed by atoms with van der Waals surface area (Å²) in [7, 11) is 0. The van der Waals surface area contributed by atoms with Crippen molar-refractivity contribution < 1.29 is 4.74 Å². The molecule has 0 atom stereocenters. The Morgan fingerprint density at radius 2 is 2.20 bits per heavy atom. The number of ether oxygens (including phenoxy) is 1. The zero-order valence-electron chi connectivity index (χ0n) is 11.3. The van der Waals surface area contributed by atoms with Crippen molar-refractivity contribution in [2.24, 2.45) is 5.73 Å². The summed E-state index contributed by atoms with van der Waals surface area (Å²) in [6.45, 7) is 3.32. The molecule has 104 valence electrons. The van der Waals surface area contributed by atoms with Gasteiger partial charge in [-0.25, -0.2) is 0 Å². The van der Waals surface area contributed by atoms with Crippen LogP contribution in [0.15, 0.2) is 42.6 Å². The molecule has 2 rings (SSSR count). The van der Waals surface area contributed by atoms with E-state index >= 15 is 0 Å². The highest BCUT2D eigenvalue weighted by molar-refractivity contribution is 7.80. The molecule has 1 heterocycles. The van der Waals surface area contributed by atoms with Gasteiger partial charge in [0.25, 0.3) is 0 Å². The number of anilines is 1. The third kappa shape index (κ3) is 4.20. The summed E-state index contributed by atoms with van der Waals surface area (Å²) in [5.41, 5.74) is 8.22. The first-order chi connectivity index (χ1) is 9.65. The molecule has 0 fully saturated rings. The smallest absolute Gasteiger partial charge is 0.122 e. The molecule has 0 unspecified atom stereocenters. The normalized spacial score (nSPS) is 10.1. The molecule has 2 aromatic rings. The first kappa shape index (κ1) is 14.3. The van der Waals surface area contributed by atoms with Crippen LogP contribution in [-0.2, 0) is 0 Å². The van der Waals surface area contributed by atoms with E-state index in [-0.39, 0.29) is 0 Å². The van der Waals surface area contributed by atoms with Crippen LogP contribution in [0.4, 0.5) is 5.69 Å². The predicted octanol–water partition coefficient (Wildman–Crippen LogP) is 2.52. The Morgan fingerprint density at radius 1 is 1.35 bits per heavy atom. The van der Waals surface area contributed by atoms with Crippen LogP contribution >= 0.6 is 12.2 Å². The van der Waals surface area contributed by atoms with Crippen LogP contribution in [0.25, 0.3) is 0 Å². The Kier molecular flexibility index (Phi) is 4.90. The molecule has 3 N–H and O–H groups in total. The van der Waals surface area contributed by atoms with Crippen molar-refractivity contribution in [3.8, 4) is 5.75 Å². The Morgan fingerprint density at radius 3 is 2.85 bits per heavy atom. The van der Waals surface area contributed by atoms with E-state index in [1.54, 1.807) is 12.3 Å². The standard InChI is InChI=1S/C15H17N3OS/c1-11-3-2-4-13(9-11)19-8-7-17-12-5-6-14(15(16)20)18-10-12/h2-6,9-10,17H,7-8H2,1H3,(H2,16,20).